The Morgan fingerprint density at radius 3 is 2.42 bits per heavy atom. The van der Waals surface area contributed by atoms with Crippen LogP contribution in [0.3, 0.4) is 0 Å². The topological polar surface area (TPSA) is 55.5 Å². The summed E-state index contributed by atoms with van der Waals surface area (Å²) in [5, 5.41) is 10.2. The lowest BCUT2D eigenvalue weighted by Gasteiger charge is -2.34. The summed E-state index contributed by atoms with van der Waals surface area (Å²) in [5.41, 5.74) is 7.14. The van der Waals surface area contributed by atoms with Crippen molar-refractivity contribution in [3.05, 3.63) is 29.8 Å². The summed E-state index contributed by atoms with van der Waals surface area (Å²) in [6.07, 6.45) is 4.13. The molecule has 1 aromatic carbocycles. The molecule has 1 aliphatic carbocycles. The largest absolute Gasteiger partial charge is 0.497 e. The summed E-state index contributed by atoms with van der Waals surface area (Å²) < 4.78 is 5.17. The second-order valence-corrected chi connectivity index (χ2v) is 5.13. The number of halogens is 1. The molecule has 0 spiro atoms. The molecule has 108 valence electrons. The van der Waals surface area contributed by atoms with Crippen LogP contribution in [0, 0.1) is 5.92 Å². The van der Waals surface area contributed by atoms with E-state index in [1.165, 1.54) is 12.0 Å². The fourth-order valence-corrected chi connectivity index (χ4v) is 3.02. The molecule has 3 atom stereocenters. The van der Waals surface area contributed by atoms with Crippen molar-refractivity contribution in [1.82, 2.24) is 0 Å². The Labute approximate surface area is 121 Å². The van der Waals surface area contributed by atoms with Gasteiger partial charge in [-0.3, -0.25) is 0 Å². The van der Waals surface area contributed by atoms with Crippen LogP contribution in [0.5, 0.6) is 5.75 Å². The summed E-state index contributed by atoms with van der Waals surface area (Å²) in [5.74, 6) is 1.42. The van der Waals surface area contributed by atoms with Crippen LogP contribution in [0.4, 0.5) is 0 Å². The Hall–Kier alpha value is -0.770. The fourth-order valence-electron chi connectivity index (χ4n) is 3.02. The molecule has 1 saturated carbocycles. The number of aliphatic hydroxyl groups is 1. The molecule has 3 N–H and O–H groups in total. The first-order valence-corrected chi connectivity index (χ1v) is 6.78. The van der Waals surface area contributed by atoms with Crippen molar-refractivity contribution in [2.75, 3.05) is 13.7 Å². The molecule has 0 heterocycles. The Morgan fingerprint density at radius 1 is 1.26 bits per heavy atom. The normalized spacial score (nSPS) is 24.4. The van der Waals surface area contributed by atoms with Crippen LogP contribution in [0.25, 0.3) is 0 Å². The lowest BCUT2D eigenvalue weighted by atomic mass is 9.75. The van der Waals surface area contributed by atoms with Crippen molar-refractivity contribution in [2.24, 2.45) is 11.7 Å². The quantitative estimate of drug-likeness (QED) is 0.894. The van der Waals surface area contributed by atoms with Gasteiger partial charge < -0.3 is 15.6 Å². The molecule has 2 rings (SSSR count). The van der Waals surface area contributed by atoms with E-state index in [0.717, 1.165) is 25.0 Å². The molecule has 0 saturated heterocycles. The first kappa shape index (κ1) is 16.3. The Balaban J connectivity index is 0.00000180. The van der Waals surface area contributed by atoms with E-state index in [9.17, 15) is 5.11 Å². The summed E-state index contributed by atoms with van der Waals surface area (Å²) in [7, 11) is 1.67. The standard InChI is InChI=1S/C15H23NO2.ClH/c1-18-12-8-6-11(7-9-12)14(10-16)13-4-2-3-5-15(13)17;/h6-9,13-15,17H,2-5,10,16H2,1H3;1H/t13-,14-,15-;/m0./s1. The van der Waals surface area contributed by atoms with E-state index in [-0.39, 0.29) is 24.4 Å². The summed E-state index contributed by atoms with van der Waals surface area (Å²) in [6.45, 7) is 0.591. The van der Waals surface area contributed by atoms with E-state index in [2.05, 4.69) is 12.1 Å². The van der Waals surface area contributed by atoms with Crippen molar-refractivity contribution in [3.63, 3.8) is 0 Å². The highest BCUT2D eigenvalue weighted by Gasteiger charge is 2.30. The third kappa shape index (κ3) is 3.85. The molecule has 0 radical (unpaired) electrons. The Morgan fingerprint density at radius 2 is 1.89 bits per heavy atom. The Bertz CT molecular complexity index is 369. The van der Waals surface area contributed by atoms with Gasteiger partial charge in [0.2, 0.25) is 0 Å². The van der Waals surface area contributed by atoms with Crippen LogP contribution >= 0.6 is 12.4 Å². The minimum Gasteiger partial charge on any atom is -0.497 e. The molecule has 3 nitrogen and oxygen atoms in total. The smallest absolute Gasteiger partial charge is 0.118 e. The molecule has 19 heavy (non-hydrogen) atoms. The van der Waals surface area contributed by atoms with Gasteiger partial charge in [-0.2, -0.15) is 0 Å². The summed E-state index contributed by atoms with van der Waals surface area (Å²) in [4.78, 5) is 0. The maximum atomic E-state index is 10.2. The average molecular weight is 286 g/mol. The first-order valence-electron chi connectivity index (χ1n) is 6.78. The number of hydrogen-bond donors (Lipinski definition) is 2. The van der Waals surface area contributed by atoms with Crippen molar-refractivity contribution in [1.29, 1.82) is 0 Å². The van der Waals surface area contributed by atoms with E-state index >= 15 is 0 Å². The second-order valence-electron chi connectivity index (χ2n) is 5.13. The molecule has 1 fully saturated rings. The zero-order chi connectivity index (χ0) is 13.0. The van der Waals surface area contributed by atoms with Crippen LogP contribution in [0.1, 0.15) is 37.2 Å². The highest BCUT2D eigenvalue weighted by atomic mass is 35.5. The molecule has 0 aromatic heterocycles. The predicted octanol–water partition coefficient (Wildman–Crippen LogP) is 2.71. The van der Waals surface area contributed by atoms with Gasteiger partial charge in [-0.15, -0.1) is 12.4 Å². The van der Waals surface area contributed by atoms with E-state index in [1.807, 2.05) is 12.1 Å². The molecule has 4 heteroatoms. The maximum absolute atomic E-state index is 10.2. The minimum absolute atomic E-state index is 0. The number of nitrogens with two attached hydrogens (primary N) is 1. The third-order valence-corrected chi connectivity index (χ3v) is 4.10. The lowest BCUT2D eigenvalue weighted by molar-refractivity contribution is 0.0561. The van der Waals surface area contributed by atoms with Gasteiger partial charge in [-0.05, 0) is 43.0 Å². The summed E-state index contributed by atoms with van der Waals surface area (Å²) in [6, 6.07) is 8.07. The average Bonchev–Trinajstić information content (AvgIpc) is 2.42. The van der Waals surface area contributed by atoms with E-state index in [0.29, 0.717) is 12.5 Å². The predicted molar refractivity (Wildman–Crippen MR) is 80.0 cm³/mol. The number of hydrogen-bond acceptors (Lipinski definition) is 3. The monoisotopic (exact) mass is 285 g/mol. The van der Waals surface area contributed by atoms with E-state index in [4.69, 9.17) is 10.5 Å². The number of ether oxygens (including phenoxy) is 1. The van der Waals surface area contributed by atoms with Crippen molar-refractivity contribution in [3.8, 4) is 5.75 Å². The molecular formula is C15H24ClNO2. The minimum atomic E-state index is -0.200. The van der Waals surface area contributed by atoms with Crippen LogP contribution in [-0.2, 0) is 0 Å². The van der Waals surface area contributed by atoms with Gasteiger partial charge in [0.05, 0.1) is 13.2 Å². The van der Waals surface area contributed by atoms with Gasteiger partial charge in [0.1, 0.15) is 5.75 Å². The molecular weight excluding hydrogens is 262 g/mol. The number of rotatable bonds is 4. The fraction of sp³-hybridized carbons (Fsp3) is 0.600. The van der Waals surface area contributed by atoms with Crippen LogP contribution in [0.2, 0.25) is 0 Å². The van der Waals surface area contributed by atoms with Crippen LogP contribution in [-0.4, -0.2) is 24.9 Å². The van der Waals surface area contributed by atoms with E-state index < -0.39 is 0 Å². The highest BCUT2D eigenvalue weighted by Crippen LogP contribution is 2.36. The van der Waals surface area contributed by atoms with Crippen LogP contribution < -0.4 is 10.5 Å². The second kappa shape index (κ2) is 7.73. The first-order chi connectivity index (χ1) is 8.76. The van der Waals surface area contributed by atoms with Crippen molar-refractivity contribution in [2.45, 2.75) is 37.7 Å². The molecule has 0 unspecified atom stereocenters. The van der Waals surface area contributed by atoms with Crippen molar-refractivity contribution < 1.29 is 9.84 Å². The van der Waals surface area contributed by atoms with Gasteiger partial charge in [-0.1, -0.05) is 25.0 Å². The maximum Gasteiger partial charge on any atom is 0.118 e. The summed E-state index contributed by atoms with van der Waals surface area (Å²) >= 11 is 0. The number of aliphatic hydroxyl groups excluding tert-OH is 1. The van der Waals surface area contributed by atoms with Gasteiger partial charge in [0.25, 0.3) is 0 Å². The Kier molecular flexibility index (Phi) is 6.63. The number of methoxy groups -OCH3 is 1. The SMILES string of the molecule is COc1ccc([C@H](CN)[C@@H]2CCCC[C@@H]2O)cc1.Cl. The highest BCUT2D eigenvalue weighted by molar-refractivity contribution is 5.85. The third-order valence-electron chi connectivity index (χ3n) is 4.10. The zero-order valence-electron chi connectivity index (χ0n) is 11.4. The molecule has 0 bridgehead atoms. The molecule has 1 aliphatic rings. The van der Waals surface area contributed by atoms with Crippen LogP contribution in [0.15, 0.2) is 24.3 Å². The van der Waals surface area contributed by atoms with Gasteiger partial charge in [0, 0.05) is 5.92 Å². The van der Waals surface area contributed by atoms with Gasteiger partial charge >= 0.3 is 0 Å². The zero-order valence-corrected chi connectivity index (χ0v) is 12.2. The van der Waals surface area contributed by atoms with Crippen molar-refractivity contribution >= 4 is 12.4 Å². The number of benzene rings is 1. The molecule has 1 aromatic rings. The van der Waals surface area contributed by atoms with Gasteiger partial charge in [0.15, 0.2) is 0 Å². The van der Waals surface area contributed by atoms with Gasteiger partial charge in [-0.25, -0.2) is 0 Å². The molecule has 0 aliphatic heterocycles. The van der Waals surface area contributed by atoms with E-state index in [1.54, 1.807) is 7.11 Å². The lowest BCUT2D eigenvalue weighted by Crippen LogP contribution is -2.33. The molecule has 0 amide bonds.